The highest BCUT2D eigenvalue weighted by molar-refractivity contribution is 6.30. The van der Waals surface area contributed by atoms with E-state index < -0.39 is 0 Å². The Morgan fingerprint density at radius 2 is 2.04 bits per heavy atom. The van der Waals surface area contributed by atoms with Gasteiger partial charge in [-0.2, -0.15) is 0 Å². The highest BCUT2D eigenvalue weighted by atomic mass is 35.5. The van der Waals surface area contributed by atoms with Crippen LogP contribution in [0.15, 0.2) is 42.5 Å². The molecule has 2 aromatic carbocycles. The van der Waals surface area contributed by atoms with E-state index >= 15 is 0 Å². The minimum atomic E-state index is -0.348. The summed E-state index contributed by atoms with van der Waals surface area (Å²) in [6.45, 7) is 4.85. The van der Waals surface area contributed by atoms with Gasteiger partial charge in [0.05, 0.1) is 12.3 Å². The number of ether oxygens (including phenoxy) is 1. The summed E-state index contributed by atoms with van der Waals surface area (Å²) in [5.74, 6) is 0.307. The van der Waals surface area contributed by atoms with E-state index in [4.69, 9.17) is 16.3 Å². The first-order valence-electron chi connectivity index (χ1n) is 8.57. The van der Waals surface area contributed by atoms with Gasteiger partial charge in [-0.3, -0.25) is 4.79 Å². The summed E-state index contributed by atoms with van der Waals surface area (Å²) in [5.41, 5.74) is 3.83. The molecule has 0 saturated heterocycles. The van der Waals surface area contributed by atoms with E-state index in [2.05, 4.69) is 21.5 Å². The summed E-state index contributed by atoms with van der Waals surface area (Å²) in [7, 11) is 1.58. The second kappa shape index (κ2) is 8.33. The van der Waals surface area contributed by atoms with E-state index in [0.717, 1.165) is 22.4 Å². The average Bonchev–Trinajstić information content (AvgIpc) is 3.07. The molecule has 0 aliphatic heterocycles. The van der Waals surface area contributed by atoms with Crippen molar-refractivity contribution < 1.29 is 9.53 Å². The molecule has 27 heavy (non-hydrogen) atoms. The molecule has 0 spiro atoms. The first-order valence-corrected chi connectivity index (χ1v) is 8.95. The van der Waals surface area contributed by atoms with Crippen LogP contribution in [0.2, 0.25) is 5.02 Å². The third-order valence-corrected chi connectivity index (χ3v) is 4.30. The number of amides is 1. The monoisotopic (exact) mass is 384 g/mol. The fraction of sp³-hybridized carbons (Fsp3) is 0.250. The van der Waals surface area contributed by atoms with Gasteiger partial charge in [0.25, 0.3) is 5.91 Å². The molecule has 3 aromatic rings. The molecule has 1 heterocycles. The van der Waals surface area contributed by atoms with Crippen molar-refractivity contribution in [3.8, 4) is 17.1 Å². The Balaban J connectivity index is 2.08. The Bertz CT molecular complexity index is 968. The molecule has 0 saturated carbocycles. The molecule has 140 valence electrons. The number of aryl methyl sites for hydroxylation is 2. The lowest BCUT2D eigenvalue weighted by Gasteiger charge is -2.10. The number of nitrogens with zero attached hydrogens (tertiary/aromatic N) is 3. The maximum absolute atomic E-state index is 12.4. The molecule has 0 unspecified atom stereocenters. The lowest BCUT2D eigenvalue weighted by atomic mass is 10.1. The van der Waals surface area contributed by atoms with Gasteiger partial charge in [0.2, 0.25) is 5.82 Å². The van der Waals surface area contributed by atoms with Crippen LogP contribution in [0.3, 0.4) is 0 Å². The van der Waals surface area contributed by atoms with Gasteiger partial charge < -0.3 is 10.1 Å². The normalized spacial score (nSPS) is 10.8. The molecule has 0 bridgehead atoms. The van der Waals surface area contributed by atoms with Crippen molar-refractivity contribution in [2.24, 2.45) is 0 Å². The van der Waals surface area contributed by atoms with E-state index in [-0.39, 0.29) is 11.7 Å². The van der Waals surface area contributed by atoms with Gasteiger partial charge in [-0.15, -0.1) is 5.10 Å². The first-order chi connectivity index (χ1) is 13.0. The minimum absolute atomic E-state index is 0.0982. The quantitative estimate of drug-likeness (QED) is 0.659. The molecule has 0 aliphatic carbocycles. The number of carbonyl (C=O) groups is 1. The van der Waals surface area contributed by atoms with Crippen molar-refractivity contribution in [1.29, 1.82) is 0 Å². The summed E-state index contributed by atoms with van der Waals surface area (Å²) < 4.78 is 6.65. The molecule has 3 rings (SSSR count). The smallest absolute Gasteiger partial charge is 0.291 e. The summed E-state index contributed by atoms with van der Waals surface area (Å²) >= 11 is 6.15. The maximum Gasteiger partial charge on any atom is 0.291 e. The lowest BCUT2D eigenvalue weighted by Crippen LogP contribution is -2.28. The first kappa shape index (κ1) is 19.1. The van der Waals surface area contributed by atoms with E-state index in [1.54, 1.807) is 23.9 Å². The molecule has 7 heteroatoms. The third-order valence-electron chi connectivity index (χ3n) is 4.07. The molecule has 6 nitrogen and oxygen atoms in total. The van der Waals surface area contributed by atoms with E-state index in [1.165, 1.54) is 0 Å². The number of nitrogens with one attached hydrogen (secondary N) is 1. The molecule has 0 radical (unpaired) electrons. The molecular weight excluding hydrogens is 364 g/mol. The third kappa shape index (κ3) is 4.35. The van der Waals surface area contributed by atoms with Gasteiger partial charge in [-0.1, -0.05) is 41.4 Å². The van der Waals surface area contributed by atoms with Gasteiger partial charge in [0.1, 0.15) is 0 Å². The summed E-state index contributed by atoms with van der Waals surface area (Å²) in [6.07, 6.45) is 0. The standard InChI is InChI=1S/C20H21ClN4O2/c1-13-7-8-17(14(2)11-13)25-19(15-5-4-6-16(21)12-15)23-18(24-25)20(26)22-9-10-27-3/h4-8,11-12H,9-10H2,1-3H3,(H,22,26). The second-order valence-corrected chi connectivity index (χ2v) is 6.66. The number of aromatic nitrogens is 3. The topological polar surface area (TPSA) is 69.0 Å². The number of halogens is 1. The minimum Gasteiger partial charge on any atom is -0.383 e. The van der Waals surface area contributed by atoms with Gasteiger partial charge in [-0.05, 0) is 37.6 Å². The van der Waals surface area contributed by atoms with Crippen LogP contribution < -0.4 is 5.32 Å². The van der Waals surface area contributed by atoms with Crippen LogP contribution >= 0.6 is 11.6 Å². The van der Waals surface area contributed by atoms with Crippen LogP contribution in [0.4, 0.5) is 0 Å². The zero-order valence-corrected chi connectivity index (χ0v) is 16.2. The lowest BCUT2D eigenvalue weighted by molar-refractivity contribution is 0.0927. The highest BCUT2D eigenvalue weighted by Gasteiger charge is 2.19. The van der Waals surface area contributed by atoms with Crippen LogP contribution in [-0.4, -0.2) is 40.9 Å². The van der Waals surface area contributed by atoms with E-state index in [1.807, 2.05) is 38.1 Å². The van der Waals surface area contributed by atoms with Crippen LogP contribution in [0.1, 0.15) is 21.7 Å². The van der Waals surface area contributed by atoms with Gasteiger partial charge in [-0.25, -0.2) is 9.67 Å². The molecule has 0 fully saturated rings. The highest BCUT2D eigenvalue weighted by Crippen LogP contribution is 2.25. The van der Waals surface area contributed by atoms with Crippen molar-refractivity contribution in [2.75, 3.05) is 20.3 Å². The SMILES string of the molecule is COCCNC(=O)c1nc(-c2cccc(Cl)c2)n(-c2ccc(C)cc2C)n1. The Kier molecular flexibility index (Phi) is 5.88. The van der Waals surface area contributed by atoms with E-state index in [0.29, 0.717) is 24.0 Å². The number of rotatable bonds is 6. The Morgan fingerprint density at radius 3 is 2.74 bits per heavy atom. The predicted molar refractivity (Wildman–Crippen MR) is 105 cm³/mol. The van der Waals surface area contributed by atoms with Gasteiger partial charge >= 0.3 is 0 Å². The number of methoxy groups -OCH3 is 1. The van der Waals surface area contributed by atoms with E-state index in [9.17, 15) is 4.79 Å². The Labute approximate surface area is 163 Å². The maximum atomic E-state index is 12.4. The van der Waals surface area contributed by atoms with Crippen molar-refractivity contribution in [2.45, 2.75) is 13.8 Å². The zero-order valence-electron chi connectivity index (χ0n) is 15.5. The zero-order chi connectivity index (χ0) is 19.4. The predicted octanol–water partition coefficient (Wildman–Crippen LogP) is 3.58. The number of carbonyl (C=O) groups excluding carboxylic acids is 1. The number of hydrogen-bond donors (Lipinski definition) is 1. The van der Waals surface area contributed by atoms with Crippen LogP contribution in [0.25, 0.3) is 17.1 Å². The van der Waals surface area contributed by atoms with Crippen LogP contribution in [0, 0.1) is 13.8 Å². The van der Waals surface area contributed by atoms with Crippen LogP contribution in [-0.2, 0) is 4.74 Å². The summed E-state index contributed by atoms with van der Waals surface area (Å²) in [5, 5.41) is 7.81. The molecular formula is C20H21ClN4O2. The largest absolute Gasteiger partial charge is 0.383 e. The fourth-order valence-electron chi connectivity index (χ4n) is 2.78. The Morgan fingerprint density at radius 1 is 1.22 bits per heavy atom. The molecule has 0 aliphatic rings. The number of hydrogen-bond acceptors (Lipinski definition) is 4. The Hall–Kier alpha value is -2.70. The van der Waals surface area contributed by atoms with Crippen molar-refractivity contribution in [1.82, 2.24) is 20.1 Å². The van der Waals surface area contributed by atoms with Crippen molar-refractivity contribution in [3.05, 3.63) is 64.4 Å². The summed E-state index contributed by atoms with van der Waals surface area (Å²) in [6, 6.07) is 13.4. The molecule has 1 amide bonds. The summed E-state index contributed by atoms with van der Waals surface area (Å²) in [4.78, 5) is 16.9. The molecule has 0 atom stereocenters. The molecule has 1 N–H and O–H groups in total. The van der Waals surface area contributed by atoms with Gasteiger partial charge in [0.15, 0.2) is 5.82 Å². The molecule has 1 aromatic heterocycles. The second-order valence-electron chi connectivity index (χ2n) is 6.22. The van der Waals surface area contributed by atoms with Gasteiger partial charge in [0, 0.05) is 24.2 Å². The fourth-order valence-corrected chi connectivity index (χ4v) is 2.97. The average molecular weight is 385 g/mol. The van der Waals surface area contributed by atoms with Crippen molar-refractivity contribution >= 4 is 17.5 Å². The number of benzene rings is 2. The van der Waals surface area contributed by atoms with Crippen molar-refractivity contribution in [3.63, 3.8) is 0 Å². The van der Waals surface area contributed by atoms with Crippen LogP contribution in [0.5, 0.6) is 0 Å².